The smallest absolute Gasteiger partial charge is 0.328 e. The van der Waals surface area contributed by atoms with Crippen molar-refractivity contribution in [2.45, 2.75) is 13.3 Å². The average molecular weight is 349 g/mol. The van der Waals surface area contributed by atoms with Crippen molar-refractivity contribution in [1.82, 2.24) is 14.4 Å². The minimum Gasteiger partial charge on any atom is -0.505 e. The fourth-order valence-electron chi connectivity index (χ4n) is 3.28. The molecule has 1 aromatic carbocycles. The van der Waals surface area contributed by atoms with Gasteiger partial charge in [-0.25, -0.2) is 9.18 Å². The van der Waals surface area contributed by atoms with Gasteiger partial charge in [-0.3, -0.25) is 9.36 Å². The number of aliphatic carboxylic acids is 1. The number of rotatable bonds is 2. The summed E-state index contributed by atoms with van der Waals surface area (Å²) in [5, 5.41) is 18.8. The highest BCUT2D eigenvalue weighted by molar-refractivity contribution is 5.98. The van der Waals surface area contributed by atoms with E-state index in [2.05, 4.69) is 4.90 Å². The van der Waals surface area contributed by atoms with Gasteiger partial charge in [-0.05, 0) is 31.7 Å². The van der Waals surface area contributed by atoms with Gasteiger partial charge < -0.3 is 20.0 Å². The molecule has 0 saturated carbocycles. The van der Waals surface area contributed by atoms with Crippen LogP contribution in [0.4, 0.5) is 9.18 Å². The summed E-state index contributed by atoms with van der Waals surface area (Å²) in [6.45, 7) is 4.16. The van der Waals surface area contributed by atoms with E-state index in [9.17, 15) is 19.1 Å². The van der Waals surface area contributed by atoms with Crippen molar-refractivity contribution in [3.8, 4) is 5.75 Å². The van der Waals surface area contributed by atoms with Crippen LogP contribution in [-0.2, 0) is 11.2 Å². The molecule has 0 bridgehead atoms. The summed E-state index contributed by atoms with van der Waals surface area (Å²) >= 11 is 0. The van der Waals surface area contributed by atoms with Crippen LogP contribution in [0.2, 0.25) is 0 Å². The van der Waals surface area contributed by atoms with Crippen LogP contribution in [0.1, 0.15) is 11.3 Å². The lowest BCUT2D eigenvalue weighted by atomic mass is 10.1. The van der Waals surface area contributed by atoms with Gasteiger partial charge in [0.2, 0.25) is 0 Å². The van der Waals surface area contributed by atoms with Gasteiger partial charge in [-0.15, -0.1) is 0 Å². The maximum atomic E-state index is 14.5. The van der Waals surface area contributed by atoms with E-state index in [-0.39, 0.29) is 22.5 Å². The van der Waals surface area contributed by atoms with Crippen LogP contribution in [0.5, 0.6) is 5.75 Å². The highest BCUT2D eigenvalue weighted by Crippen LogP contribution is 2.33. The second kappa shape index (κ2) is 6.36. The predicted molar refractivity (Wildman–Crippen MR) is 89.5 cm³/mol. The Morgan fingerprint density at radius 3 is 2.44 bits per heavy atom. The van der Waals surface area contributed by atoms with Gasteiger partial charge in [0.05, 0.1) is 11.9 Å². The Balaban J connectivity index is 2.15. The normalized spacial score (nSPS) is 15.7. The van der Waals surface area contributed by atoms with E-state index < -0.39 is 24.0 Å². The average Bonchev–Trinajstić information content (AvgIpc) is 2.83. The van der Waals surface area contributed by atoms with Gasteiger partial charge in [0.1, 0.15) is 0 Å². The number of hydrogen-bond acceptors (Lipinski definition) is 4. The Bertz CT molecular complexity index is 853. The number of phenolic OH excluding ortho intramolecular Hbond substituents is 1. The molecular weight excluding hydrogens is 329 g/mol. The van der Waals surface area contributed by atoms with E-state index in [0.29, 0.717) is 18.8 Å². The maximum absolute atomic E-state index is 14.5. The molecule has 2 N–H and O–H groups in total. The number of hydrogen-bond donors (Lipinski definition) is 2. The lowest BCUT2D eigenvalue weighted by Crippen LogP contribution is -2.48. The quantitative estimate of drug-likeness (QED) is 0.861. The molecule has 8 heteroatoms. The highest BCUT2D eigenvalue weighted by Gasteiger charge is 2.27. The van der Waals surface area contributed by atoms with E-state index in [4.69, 9.17) is 5.11 Å². The standard InChI is InChI=1S/C17H20FN3O4/c1-10-11(9-14(23)24)15-12(3-4-13(22)16(15)18)21(10)17(25)20-7-5-19(2)6-8-20/h3-4,22H,5-9H2,1-2H3,(H,23,24). The first kappa shape index (κ1) is 17.2. The zero-order valence-corrected chi connectivity index (χ0v) is 14.1. The van der Waals surface area contributed by atoms with Crippen molar-refractivity contribution in [3.05, 3.63) is 29.2 Å². The largest absolute Gasteiger partial charge is 0.505 e. The summed E-state index contributed by atoms with van der Waals surface area (Å²) in [7, 11) is 1.97. The molecule has 1 aromatic heterocycles. The Morgan fingerprint density at radius 2 is 1.84 bits per heavy atom. The number of aromatic hydroxyl groups is 1. The van der Waals surface area contributed by atoms with E-state index >= 15 is 0 Å². The number of carboxylic acids is 1. The number of piperazine rings is 1. The topological polar surface area (TPSA) is 86.0 Å². The predicted octanol–water partition coefficient (Wildman–Crippen LogP) is 1.64. The third-order valence-corrected chi connectivity index (χ3v) is 4.71. The fourth-order valence-corrected chi connectivity index (χ4v) is 3.28. The molecule has 0 atom stereocenters. The highest BCUT2D eigenvalue weighted by atomic mass is 19.1. The third kappa shape index (κ3) is 2.93. The van der Waals surface area contributed by atoms with Crippen LogP contribution in [0.3, 0.4) is 0 Å². The number of carbonyl (C=O) groups excluding carboxylic acids is 1. The van der Waals surface area contributed by atoms with Crippen molar-refractivity contribution >= 4 is 22.9 Å². The summed E-state index contributed by atoms with van der Waals surface area (Å²) in [5.41, 5.74) is 0.859. The van der Waals surface area contributed by atoms with Crippen molar-refractivity contribution < 1.29 is 24.2 Å². The molecule has 1 aliphatic rings. The molecule has 1 saturated heterocycles. The zero-order valence-electron chi connectivity index (χ0n) is 14.1. The van der Waals surface area contributed by atoms with E-state index in [1.54, 1.807) is 11.8 Å². The number of fused-ring (bicyclic) bond motifs is 1. The van der Waals surface area contributed by atoms with Crippen molar-refractivity contribution in [2.24, 2.45) is 0 Å². The molecular formula is C17H20FN3O4. The second-order valence-electron chi connectivity index (χ2n) is 6.34. The third-order valence-electron chi connectivity index (χ3n) is 4.71. The second-order valence-corrected chi connectivity index (χ2v) is 6.34. The van der Waals surface area contributed by atoms with Crippen molar-refractivity contribution in [1.29, 1.82) is 0 Å². The van der Waals surface area contributed by atoms with Crippen LogP contribution in [0.25, 0.3) is 10.9 Å². The monoisotopic (exact) mass is 349 g/mol. The minimum absolute atomic E-state index is 0.0117. The van der Waals surface area contributed by atoms with Crippen LogP contribution in [-0.4, -0.2) is 69.8 Å². The number of phenols is 1. The van der Waals surface area contributed by atoms with Gasteiger partial charge >= 0.3 is 12.0 Å². The van der Waals surface area contributed by atoms with Gasteiger partial charge in [0, 0.05) is 37.3 Å². The molecule has 134 valence electrons. The van der Waals surface area contributed by atoms with Crippen LogP contribution >= 0.6 is 0 Å². The molecule has 1 amide bonds. The van der Waals surface area contributed by atoms with Gasteiger partial charge in [0.25, 0.3) is 0 Å². The van der Waals surface area contributed by atoms with Gasteiger partial charge in [-0.2, -0.15) is 0 Å². The van der Waals surface area contributed by atoms with Crippen LogP contribution in [0.15, 0.2) is 12.1 Å². The van der Waals surface area contributed by atoms with Gasteiger partial charge in [-0.1, -0.05) is 0 Å². The summed E-state index contributed by atoms with van der Waals surface area (Å²) < 4.78 is 15.8. The van der Waals surface area contributed by atoms with E-state index in [1.165, 1.54) is 16.7 Å². The summed E-state index contributed by atoms with van der Waals surface area (Å²) in [5.74, 6) is -2.60. The molecule has 25 heavy (non-hydrogen) atoms. The molecule has 7 nitrogen and oxygen atoms in total. The minimum atomic E-state index is -1.13. The Kier molecular flexibility index (Phi) is 4.38. The van der Waals surface area contributed by atoms with Crippen LogP contribution in [0, 0.1) is 12.7 Å². The fraction of sp³-hybridized carbons (Fsp3) is 0.412. The SMILES string of the molecule is Cc1c(CC(=O)O)c2c(F)c(O)ccc2n1C(=O)N1CCN(C)CC1. The summed E-state index contributed by atoms with van der Waals surface area (Å²) in [6.07, 6.45) is -0.425. The number of amides is 1. The first-order valence-electron chi connectivity index (χ1n) is 8.02. The molecule has 0 spiro atoms. The van der Waals surface area contributed by atoms with Crippen molar-refractivity contribution in [2.75, 3.05) is 33.2 Å². The zero-order chi connectivity index (χ0) is 18.3. The lowest BCUT2D eigenvalue weighted by Gasteiger charge is -2.32. The Hall–Kier alpha value is -2.61. The van der Waals surface area contributed by atoms with E-state index in [0.717, 1.165) is 13.1 Å². The molecule has 1 fully saturated rings. The molecule has 0 radical (unpaired) electrons. The maximum Gasteiger partial charge on any atom is 0.328 e. The molecule has 2 aromatic rings. The number of aromatic nitrogens is 1. The molecule has 3 rings (SSSR count). The number of carbonyl (C=O) groups is 2. The number of likely N-dealkylation sites (N-methyl/N-ethyl adjacent to an activating group) is 1. The number of halogens is 1. The molecule has 0 aliphatic carbocycles. The van der Waals surface area contributed by atoms with E-state index in [1.807, 2.05) is 7.05 Å². The van der Waals surface area contributed by atoms with Gasteiger partial charge in [0.15, 0.2) is 11.6 Å². The number of carboxylic acid groups (broad SMARTS) is 1. The molecule has 1 aliphatic heterocycles. The lowest BCUT2D eigenvalue weighted by molar-refractivity contribution is -0.136. The Morgan fingerprint density at radius 1 is 1.20 bits per heavy atom. The first-order chi connectivity index (χ1) is 11.8. The van der Waals surface area contributed by atoms with Crippen molar-refractivity contribution in [3.63, 3.8) is 0 Å². The van der Waals surface area contributed by atoms with Crippen LogP contribution < -0.4 is 0 Å². The number of nitrogens with zero attached hydrogens (tertiary/aromatic N) is 3. The summed E-state index contributed by atoms with van der Waals surface area (Å²) in [4.78, 5) is 27.9. The Labute approximate surface area is 143 Å². The molecule has 2 heterocycles. The number of benzene rings is 1. The first-order valence-corrected chi connectivity index (χ1v) is 8.02. The summed E-state index contributed by atoms with van der Waals surface area (Å²) in [6, 6.07) is 2.31. The molecule has 0 unspecified atom stereocenters.